The van der Waals surface area contributed by atoms with E-state index in [1.54, 1.807) is 0 Å². The quantitative estimate of drug-likeness (QED) is 0.784. The first-order valence-electron chi connectivity index (χ1n) is 4.70. The number of hydrogen-bond donors (Lipinski definition) is 1. The van der Waals surface area contributed by atoms with Crippen LogP contribution in [0, 0.1) is 16.7 Å². The van der Waals surface area contributed by atoms with Gasteiger partial charge >= 0.3 is 0 Å². The zero-order valence-corrected chi connectivity index (χ0v) is 10.7. The lowest BCUT2D eigenvalue weighted by atomic mass is 9.88. The van der Waals surface area contributed by atoms with Crippen LogP contribution in [-0.2, 0) is 11.0 Å². The van der Waals surface area contributed by atoms with Crippen LogP contribution in [0.15, 0.2) is 0 Å². The van der Waals surface area contributed by atoms with Gasteiger partial charge in [-0.15, -0.1) is 0 Å². The van der Waals surface area contributed by atoms with Crippen LogP contribution in [0.25, 0.3) is 0 Å². The van der Waals surface area contributed by atoms with E-state index in [2.05, 4.69) is 10.8 Å². The average molecular weight is 216 g/mol. The van der Waals surface area contributed by atoms with Gasteiger partial charge in [-0.3, -0.25) is 0 Å². The Hall–Kier alpha value is -0.400. The van der Waals surface area contributed by atoms with Crippen molar-refractivity contribution in [2.75, 3.05) is 0 Å². The van der Waals surface area contributed by atoms with Crippen molar-refractivity contribution in [2.24, 2.45) is 5.41 Å². The first-order chi connectivity index (χ1) is 6.11. The van der Waals surface area contributed by atoms with Crippen LogP contribution in [0.3, 0.4) is 0 Å². The SMILES string of the molecule is CC(NS(=O)C(C)(C)C)C(C)(C)C#N. The molecule has 0 saturated carbocycles. The van der Waals surface area contributed by atoms with E-state index in [-0.39, 0.29) is 10.8 Å². The Morgan fingerprint density at radius 1 is 1.29 bits per heavy atom. The standard InChI is InChI=1S/C10H20N2OS/c1-8(10(5,6)7-11)12-14(13)9(2,3)4/h8,12H,1-6H3. The van der Waals surface area contributed by atoms with Gasteiger partial charge in [-0.1, -0.05) is 0 Å². The summed E-state index contributed by atoms with van der Waals surface area (Å²) in [5.74, 6) is 0. The van der Waals surface area contributed by atoms with Crippen molar-refractivity contribution in [3.8, 4) is 6.07 Å². The fraction of sp³-hybridized carbons (Fsp3) is 0.900. The van der Waals surface area contributed by atoms with E-state index < -0.39 is 16.4 Å². The third-order valence-electron chi connectivity index (χ3n) is 2.21. The first-order valence-corrected chi connectivity index (χ1v) is 5.85. The molecule has 0 aromatic carbocycles. The second kappa shape index (κ2) is 4.41. The van der Waals surface area contributed by atoms with Crippen molar-refractivity contribution in [1.29, 1.82) is 5.26 Å². The van der Waals surface area contributed by atoms with Gasteiger partial charge in [0.05, 0.1) is 27.2 Å². The summed E-state index contributed by atoms with van der Waals surface area (Å²) in [7, 11) is -1.12. The lowest BCUT2D eigenvalue weighted by molar-refractivity contribution is 0.382. The lowest BCUT2D eigenvalue weighted by Crippen LogP contribution is -2.44. The Balaban J connectivity index is 4.44. The van der Waals surface area contributed by atoms with Gasteiger partial charge in [0.25, 0.3) is 0 Å². The van der Waals surface area contributed by atoms with Crippen molar-refractivity contribution in [3.63, 3.8) is 0 Å². The van der Waals surface area contributed by atoms with Crippen LogP contribution < -0.4 is 4.72 Å². The predicted octanol–water partition coefficient (Wildman–Crippen LogP) is 1.98. The molecule has 0 heterocycles. The van der Waals surface area contributed by atoms with Crippen molar-refractivity contribution in [2.45, 2.75) is 52.3 Å². The van der Waals surface area contributed by atoms with Crippen molar-refractivity contribution in [1.82, 2.24) is 4.72 Å². The smallest absolute Gasteiger partial charge is 0.0973 e. The molecule has 82 valence electrons. The van der Waals surface area contributed by atoms with Crippen LogP contribution in [0.5, 0.6) is 0 Å². The molecule has 0 bridgehead atoms. The number of nitrogens with zero attached hydrogens (tertiary/aromatic N) is 1. The van der Waals surface area contributed by atoms with E-state index in [9.17, 15) is 4.21 Å². The molecule has 0 amide bonds. The molecule has 2 atom stereocenters. The molecule has 1 N–H and O–H groups in total. The van der Waals surface area contributed by atoms with E-state index >= 15 is 0 Å². The molecule has 3 nitrogen and oxygen atoms in total. The zero-order chi connectivity index (χ0) is 11.6. The molecule has 14 heavy (non-hydrogen) atoms. The Bertz CT molecular complexity index is 260. The number of rotatable bonds is 3. The predicted molar refractivity (Wildman–Crippen MR) is 59.9 cm³/mol. The highest BCUT2D eigenvalue weighted by atomic mass is 32.2. The minimum Gasteiger partial charge on any atom is -0.242 e. The summed E-state index contributed by atoms with van der Waals surface area (Å²) in [5.41, 5.74) is -0.499. The molecule has 0 aromatic heterocycles. The fourth-order valence-corrected chi connectivity index (χ4v) is 1.55. The molecule has 0 aliphatic carbocycles. The van der Waals surface area contributed by atoms with Gasteiger partial charge in [-0.25, -0.2) is 8.93 Å². The van der Waals surface area contributed by atoms with E-state index in [1.807, 2.05) is 41.5 Å². The van der Waals surface area contributed by atoms with E-state index in [0.29, 0.717) is 0 Å². The highest BCUT2D eigenvalue weighted by molar-refractivity contribution is 7.84. The second-order valence-electron chi connectivity index (χ2n) is 5.05. The first kappa shape index (κ1) is 13.6. The Kier molecular flexibility index (Phi) is 4.29. The maximum absolute atomic E-state index is 11.7. The maximum Gasteiger partial charge on any atom is 0.0973 e. The molecule has 0 aromatic rings. The molecule has 4 heteroatoms. The van der Waals surface area contributed by atoms with Gasteiger partial charge in [0.2, 0.25) is 0 Å². The number of nitriles is 1. The molecular weight excluding hydrogens is 196 g/mol. The van der Waals surface area contributed by atoms with Gasteiger partial charge in [0, 0.05) is 6.04 Å². The van der Waals surface area contributed by atoms with Crippen LogP contribution in [0.4, 0.5) is 0 Å². The van der Waals surface area contributed by atoms with Crippen molar-refractivity contribution >= 4 is 11.0 Å². The van der Waals surface area contributed by atoms with Crippen LogP contribution in [-0.4, -0.2) is 15.0 Å². The monoisotopic (exact) mass is 216 g/mol. The molecule has 0 spiro atoms. The summed E-state index contributed by atoms with van der Waals surface area (Å²) in [6.07, 6.45) is 0. The summed E-state index contributed by atoms with van der Waals surface area (Å²) in [4.78, 5) is 0. The minimum atomic E-state index is -1.12. The molecule has 0 radical (unpaired) electrons. The highest BCUT2D eigenvalue weighted by Gasteiger charge is 2.29. The summed E-state index contributed by atoms with van der Waals surface area (Å²) < 4.78 is 14.4. The van der Waals surface area contributed by atoms with Crippen LogP contribution >= 0.6 is 0 Å². The summed E-state index contributed by atoms with van der Waals surface area (Å²) in [6.45, 7) is 11.3. The molecular formula is C10H20N2OS. The molecule has 0 aliphatic rings. The van der Waals surface area contributed by atoms with E-state index in [0.717, 1.165) is 0 Å². The molecule has 0 fully saturated rings. The summed E-state index contributed by atoms with van der Waals surface area (Å²) >= 11 is 0. The Labute approximate surface area is 89.5 Å². The Morgan fingerprint density at radius 3 is 2.00 bits per heavy atom. The summed E-state index contributed by atoms with van der Waals surface area (Å²) in [6, 6.07) is 2.11. The third kappa shape index (κ3) is 3.77. The summed E-state index contributed by atoms with van der Waals surface area (Å²) in [5, 5.41) is 8.89. The van der Waals surface area contributed by atoms with Gasteiger partial charge < -0.3 is 0 Å². The lowest BCUT2D eigenvalue weighted by Gasteiger charge is -2.28. The average Bonchev–Trinajstić information content (AvgIpc) is 2.02. The highest BCUT2D eigenvalue weighted by Crippen LogP contribution is 2.20. The Morgan fingerprint density at radius 2 is 1.71 bits per heavy atom. The largest absolute Gasteiger partial charge is 0.242 e. The number of hydrogen-bond acceptors (Lipinski definition) is 2. The number of nitrogens with one attached hydrogen (secondary N) is 1. The third-order valence-corrected chi connectivity index (χ3v) is 3.89. The van der Waals surface area contributed by atoms with Gasteiger partial charge in [-0.2, -0.15) is 5.26 Å². The molecule has 0 rings (SSSR count). The van der Waals surface area contributed by atoms with Gasteiger partial charge in [0.15, 0.2) is 0 Å². The van der Waals surface area contributed by atoms with Crippen LogP contribution in [0.2, 0.25) is 0 Å². The van der Waals surface area contributed by atoms with Gasteiger partial charge in [0.1, 0.15) is 0 Å². The second-order valence-corrected chi connectivity index (χ2v) is 7.05. The van der Waals surface area contributed by atoms with Gasteiger partial charge in [-0.05, 0) is 41.5 Å². The van der Waals surface area contributed by atoms with E-state index in [1.165, 1.54) is 0 Å². The fourth-order valence-electron chi connectivity index (χ4n) is 0.581. The minimum absolute atomic E-state index is 0.0902. The molecule has 2 unspecified atom stereocenters. The molecule has 0 aliphatic heterocycles. The zero-order valence-electron chi connectivity index (χ0n) is 9.84. The molecule has 0 saturated heterocycles. The topological polar surface area (TPSA) is 52.9 Å². The van der Waals surface area contributed by atoms with Crippen molar-refractivity contribution in [3.05, 3.63) is 0 Å². The van der Waals surface area contributed by atoms with E-state index in [4.69, 9.17) is 5.26 Å². The normalized spacial score (nSPS) is 17.2. The van der Waals surface area contributed by atoms with Crippen molar-refractivity contribution < 1.29 is 4.21 Å². The van der Waals surface area contributed by atoms with Crippen LogP contribution in [0.1, 0.15) is 41.5 Å². The maximum atomic E-state index is 11.7.